The van der Waals surface area contributed by atoms with E-state index in [1.807, 2.05) is 24.3 Å². The Labute approximate surface area is 123 Å². The molecule has 2 rings (SSSR count). The van der Waals surface area contributed by atoms with Crippen LogP contribution in [0.15, 0.2) is 28.7 Å². The highest BCUT2D eigenvalue weighted by Crippen LogP contribution is 2.48. The molecule has 19 heavy (non-hydrogen) atoms. The topological polar surface area (TPSA) is 30.5 Å². The summed E-state index contributed by atoms with van der Waals surface area (Å²) in [6.07, 6.45) is 3.83. The Balaban J connectivity index is 1.57. The molecule has 1 saturated carbocycles. The number of methoxy groups -OCH3 is 1. The van der Waals surface area contributed by atoms with Crippen molar-refractivity contribution in [3.8, 4) is 5.75 Å². The van der Waals surface area contributed by atoms with Crippen molar-refractivity contribution in [1.82, 2.24) is 5.32 Å². The molecule has 1 fully saturated rings. The van der Waals surface area contributed by atoms with Crippen molar-refractivity contribution >= 4 is 15.9 Å². The summed E-state index contributed by atoms with van der Waals surface area (Å²) in [5.74, 6) is 0.914. The van der Waals surface area contributed by atoms with Crippen molar-refractivity contribution < 1.29 is 9.47 Å². The fourth-order valence-corrected chi connectivity index (χ4v) is 2.54. The Kier molecular flexibility index (Phi) is 5.67. The van der Waals surface area contributed by atoms with E-state index in [0.29, 0.717) is 12.0 Å². The van der Waals surface area contributed by atoms with Crippen molar-refractivity contribution in [3.05, 3.63) is 28.7 Å². The van der Waals surface area contributed by atoms with E-state index < -0.39 is 0 Å². The van der Waals surface area contributed by atoms with Gasteiger partial charge in [-0.3, -0.25) is 0 Å². The van der Waals surface area contributed by atoms with Crippen molar-refractivity contribution in [2.24, 2.45) is 5.41 Å². The Morgan fingerprint density at radius 1 is 1.32 bits per heavy atom. The van der Waals surface area contributed by atoms with E-state index in [0.717, 1.165) is 29.9 Å². The predicted molar refractivity (Wildman–Crippen MR) is 80.7 cm³/mol. The molecule has 1 N–H and O–H groups in total. The predicted octanol–water partition coefficient (Wildman–Crippen LogP) is 3.23. The van der Waals surface area contributed by atoms with Crippen LogP contribution < -0.4 is 10.1 Å². The molecule has 1 aliphatic rings. The van der Waals surface area contributed by atoms with Crippen molar-refractivity contribution in [2.75, 3.05) is 33.4 Å². The Bertz CT molecular complexity index is 393. The van der Waals surface area contributed by atoms with E-state index in [1.165, 1.54) is 19.3 Å². The zero-order valence-corrected chi connectivity index (χ0v) is 13.0. The molecule has 0 saturated heterocycles. The van der Waals surface area contributed by atoms with Gasteiger partial charge < -0.3 is 14.8 Å². The van der Waals surface area contributed by atoms with Crippen LogP contribution in [-0.2, 0) is 4.74 Å². The number of halogens is 1. The lowest BCUT2D eigenvalue weighted by atomic mass is 10.0. The summed E-state index contributed by atoms with van der Waals surface area (Å²) < 4.78 is 11.9. The van der Waals surface area contributed by atoms with Crippen LogP contribution in [0.5, 0.6) is 5.75 Å². The first kappa shape index (κ1) is 14.8. The van der Waals surface area contributed by atoms with E-state index in [4.69, 9.17) is 9.47 Å². The van der Waals surface area contributed by atoms with Gasteiger partial charge in [0, 0.05) is 31.3 Å². The molecule has 0 amide bonds. The number of benzene rings is 1. The smallest absolute Gasteiger partial charge is 0.120 e. The molecule has 1 aliphatic carbocycles. The second-order valence-corrected chi connectivity index (χ2v) is 6.14. The summed E-state index contributed by atoms with van der Waals surface area (Å²) in [5.41, 5.74) is 0.506. The minimum absolute atomic E-state index is 0.506. The summed E-state index contributed by atoms with van der Waals surface area (Å²) in [4.78, 5) is 0. The molecule has 1 aromatic carbocycles. The normalized spacial score (nSPS) is 16.3. The number of ether oxygens (including phenoxy) is 2. The van der Waals surface area contributed by atoms with Crippen molar-refractivity contribution in [3.63, 3.8) is 0 Å². The highest BCUT2D eigenvalue weighted by molar-refractivity contribution is 9.10. The highest BCUT2D eigenvalue weighted by Gasteiger charge is 2.41. The first-order chi connectivity index (χ1) is 9.24. The number of hydrogen-bond acceptors (Lipinski definition) is 3. The summed E-state index contributed by atoms with van der Waals surface area (Å²) in [7, 11) is 1.77. The molecule has 1 aromatic rings. The fraction of sp³-hybridized carbons (Fsp3) is 0.600. The lowest BCUT2D eigenvalue weighted by molar-refractivity contribution is 0.170. The number of nitrogens with one attached hydrogen (secondary N) is 1. The van der Waals surface area contributed by atoms with Gasteiger partial charge in [-0.1, -0.05) is 22.0 Å². The van der Waals surface area contributed by atoms with Gasteiger partial charge in [-0.15, -0.1) is 0 Å². The minimum atomic E-state index is 0.506. The van der Waals surface area contributed by atoms with Gasteiger partial charge in [0.1, 0.15) is 12.4 Å². The molecule has 106 valence electrons. The summed E-state index contributed by atoms with van der Waals surface area (Å²) in [5, 5.41) is 3.49. The minimum Gasteiger partial charge on any atom is -0.492 e. The molecule has 0 aliphatic heterocycles. The Morgan fingerprint density at radius 3 is 2.84 bits per heavy atom. The van der Waals surface area contributed by atoms with Gasteiger partial charge in [-0.2, -0.15) is 0 Å². The molecule has 0 heterocycles. The van der Waals surface area contributed by atoms with Gasteiger partial charge in [0.25, 0.3) is 0 Å². The summed E-state index contributed by atoms with van der Waals surface area (Å²) in [6.45, 7) is 3.55. The maximum absolute atomic E-state index is 5.69. The lowest BCUT2D eigenvalue weighted by Gasteiger charge is -2.15. The zero-order chi connectivity index (χ0) is 13.6. The largest absolute Gasteiger partial charge is 0.492 e. The summed E-state index contributed by atoms with van der Waals surface area (Å²) >= 11 is 3.44. The summed E-state index contributed by atoms with van der Waals surface area (Å²) in [6, 6.07) is 7.95. The molecule has 0 spiro atoms. The average Bonchev–Trinajstić information content (AvgIpc) is 3.17. The standard InChI is InChI=1S/C15H22BrNO2/c1-18-9-7-15(5-6-15)12-17-8-10-19-14-4-2-3-13(16)11-14/h2-4,11,17H,5-10,12H2,1H3. The van der Waals surface area contributed by atoms with Gasteiger partial charge in [0.2, 0.25) is 0 Å². The SMILES string of the molecule is COCCC1(CNCCOc2cccc(Br)c2)CC1. The van der Waals surface area contributed by atoms with Crippen molar-refractivity contribution in [1.29, 1.82) is 0 Å². The van der Waals surface area contributed by atoms with Crippen LogP contribution >= 0.6 is 15.9 Å². The fourth-order valence-electron chi connectivity index (χ4n) is 2.16. The first-order valence-electron chi connectivity index (χ1n) is 6.82. The molecule has 0 bridgehead atoms. The van der Waals surface area contributed by atoms with Crippen LogP contribution in [0.4, 0.5) is 0 Å². The third kappa shape index (κ3) is 5.13. The van der Waals surface area contributed by atoms with E-state index in [1.54, 1.807) is 7.11 Å². The van der Waals surface area contributed by atoms with Gasteiger partial charge in [-0.05, 0) is 42.9 Å². The third-order valence-corrected chi connectivity index (χ3v) is 4.13. The maximum Gasteiger partial charge on any atom is 0.120 e. The highest BCUT2D eigenvalue weighted by atomic mass is 79.9. The van der Waals surface area contributed by atoms with Crippen LogP contribution in [-0.4, -0.2) is 33.4 Å². The van der Waals surface area contributed by atoms with Crippen LogP contribution in [0.25, 0.3) is 0 Å². The molecular formula is C15H22BrNO2. The van der Waals surface area contributed by atoms with Crippen LogP contribution in [0, 0.1) is 5.41 Å². The van der Waals surface area contributed by atoms with Gasteiger partial charge in [-0.25, -0.2) is 0 Å². The second-order valence-electron chi connectivity index (χ2n) is 5.23. The zero-order valence-electron chi connectivity index (χ0n) is 11.5. The second kappa shape index (κ2) is 7.27. The molecule has 0 aromatic heterocycles. The van der Waals surface area contributed by atoms with Gasteiger partial charge in [0.15, 0.2) is 0 Å². The van der Waals surface area contributed by atoms with Crippen molar-refractivity contribution in [2.45, 2.75) is 19.3 Å². The third-order valence-electron chi connectivity index (χ3n) is 3.64. The van der Waals surface area contributed by atoms with E-state index in [-0.39, 0.29) is 0 Å². The molecule has 0 unspecified atom stereocenters. The van der Waals surface area contributed by atoms with Crippen LogP contribution in [0.2, 0.25) is 0 Å². The average molecular weight is 328 g/mol. The monoisotopic (exact) mass is 327 g/mol. The van der Waals surface area contributed by atoms with Gasteiger partial charge >= 0.3 is 0 Å². The Hall–Kier alpha value is -0.580. The molecule has 4 heteroatoms. The van der Waals surface area contributed by atoms with Gasteiger partial charge in [0.05, 0.1) is 0 Å². The molecule has 0 radical (unpaired) electrons. The Morgan fingerprint density at radius 2 is 2.16 bits per heavy atom. The van der Waals surface area contributed by atoms with Crippen LogP contribution in [0.1, 0.15) is 19.3 Å². The van der Waals surface area contributed by atoms with E-state index in [2.05, 4.69) is 21.2 Å². The molecular weight excluding hydrogens is 306 g/mol. The molecule has 3 nitrogen and oxygen atoms in total. The lowest BCUT2D eigenvalue weighted by Crippen LogP contribution is -2.28. The van der Waals surface area contributed by atoms with Crippen LogP contribution in [0.3, 0.4) is 0 Å². The number of hydrogen-bond donors (Lipinski definition) is 1. The van der Waals surface area contributed by atoms with E-state index >= 15 is 0 Å². The molecule has 0 atom stereocenters. The quantitative estimate of drug-likeness (QED) is 0.706. The maximum atomic E-state index is 5.69. The number of rotatable bonds is 9. The first-order valence-corrected chi connectivity index (χ1v) is 7.61. The van der Waals surface area contributed by atoms with E-state index in [9.17, 15) is 0 Å².